The molecule has 112 valence electrons. The van der Waals surface area contributed by atoms with Gasteiger partial charge in [0.2, 0.25) is 5.91 Å². The molecule has 1 amide bonds. The van der Waals surface area contributed by atoms with Crippen molar-refractivity contribution in [3.8, 4) is 0 Å². The molecular formula is C16H26N2OS. The van der Waals surface area contributed by atoms with E-state index in [0.29, 0.717) is 0 Å². The third kappa shape index (κ3) is 4.53. The lowest BCUT2D eigenvalue weighted by Gasteiger charge is -2.34. The Morgan fingerprint density at radius 3 is 2.45 bits per heavy atom. The van der Waals surface area contributed by atoms with Gasteiger partial charge in [-0.15, -0.1) is 0 Å². The van der Waals surface area contributed by atoms with E-state index in [0.717, 1.165) is 29.9 Å². The van der Waals surface area contributed by atoms with Crippen LogP contribution >= 0.6 is 11.8 Å². The first-order chi connectivity index (χ1) is 9.53. The second kappa shape index (κ2) is 8.32. The second-order valence-corrected chi connectivity index (χ2v) is 6.52. The molecule has 1 aromatic rings. The van der Waals surface area contributed by atoms with Gasteiger partial charge in [-0.05, 0) is 43.8 Å². The van der Waals surface area contributed by atoms with Crippen molar-refractivity contribution in [2.24, 2.45) is 5.73 Å². The fraction of sp³-hybridized carbons (Fsp3) is 0.562. The summed E-state index contributed by atoms with van der Waals surface area (Å²) in [6, 6.07) is 10.0. The fourth-order valence-corrected chi connectivity index (χ4v) is 3.27. The predicted octanol–water partition coefficient (Wildman–Crippen LogP) is 2.90. The number of carbonyl (C=O) groups excluding carboxylic acids is 1. The van der Waals surface area contributed by atoms with Crippen LogP contribution in [0.25, 0.3) is 0 Å². The van der Waals surface area contributed by atoms with Crippen LogP contribution in [0, 0.1) is 0 Å². The molecule has 0 fully saturated rings. The van der Waals surface area contributed by atoms with Crippen molar-refractivity contribution < 1.29 is 4.79 Å². The fourth-order valence-electron chi connectivity index (χ4n) is 2.32. The standard InChI is InChI=1S/C16H26N2OS/c1-4-11-20-12-10-16(15(17)19,18-13(2)3)14-8-6-5-7-9-14/h5-9,13,18H,4,10-12H2,1-3H3,(H2,17,19). The van der Waals surface area contributed by atoms with Crippen LogP contribution in [0.3, 0.4) is 0 Å². The Balaban J connectivity index is 2.99. The highest BCUT2D eigenvalue weighted by Gasteiger charge is 2.38. The number of amides is 1. The normalized spacial score (nSPS) is 14.2. The summed E-state index contributed by atoms with van der Waals surface area (Å²) in [5.41, 5.74) is 5.95. The van der Waals surface area contributed by atoms with Crippen molar-refractivity contribution >= 4 is 17.7 Å². The van der Waals surface area contributed by atoms with Crippen LogP contribution in [-0.2, 0) is 10.3 Å². The van der Waals surface area contributed by atoms with Crippen LogP contribution in [0.4, 0.5) is 0 Å². The Morgan fingerprint density at radius 1 is 1.30 bits per heavy atom. The van der Waals surface area contributed by atoms with E-state index in [2.05, 4.69) is 12.2 Å². The molecule has 1 rings (SSSR count). The molecule has 3 N–H and O–H groups in total. The molecule has 0 radical (unpaired) electrons. The van der Waals surface area contributed by atoms with Crippen molar-refractivity contribution in [3.05, 3.63) is 35.9 Å². The summed E-state index contributed by atoms with van der Waals surface area (Å²) >= 11 is 1.87. The maximum atomic E-state index is 12.2. The molecule has 20 heavy (non-hydrogen) atoms. The van der Waals surface area contributed by atoms with Crippen molar-refractivity contribution in [1.29, 1.82) is 0 Å². The van der Waals surface area contributed by atoms with E-state index >= 15 is 0 Å². The molecule has 3 nitrogen and oxygen atoms in total. The number of carbonyl (C=O) groups is 1. The zero-order valence-corrected chi connectivity index (χ0v) is 13.5. The summed E-state index contributed by atoms with van der Waals surface area (Å²) in [5.74, 6) is 1.74. The largest absolute Gasteiger partial charge is 0.368 e. The van der Waals surface area contributed by atoms with Gasteiger partial charge in [-0.25, -0.2) is 0 Å². The highest BCUT2D eigenvalue weighted by atomic mass is 32.2. The average molecular weight is 294 g/mol. The predicted molar refractivity (Wildman–Crippen MR) is 87.8 cm³/mol. The number of thioether (sulfide) groups is 1. The van der Waals surface area contributed by atoms with Gasteiger partial charge in [-0.3, -0.25) is 10.1 Å². The molecule has 0 aromatic heterocycles. The Kier molecular flexibility index (Phi) is 7.10. The van der Waals surface area contributed by atoms with Gasteiger partial charge in [0, 0.05) is 6.04 Å². The number of hydrogen-bond donors (Lipinski definition) is 2. The molecule has 0 aliphatic carbocycles. The number of rotatable bonds is 9. The molecule has 1 aromatic carbocycles. The van der Waals surface area contributed by atoms with Crippen LogP contribution in [0.2, 0.25) is 0 Å². The minimum absolute atomic E-state index is 0.193. The van der Waals surface area contributed by atoms with E-state index in [-0.39, 0.29) is 11.9 Å². The topological polar surface area (TPSA) is 55.1 Å². The third-order valence-electron chi connectivity index (χ3n) is 3.19. The van der Waals surface area contributed by atoms with Gasteiger partial charge < -0.3 is 5.73 Å². The van der Waals surface area contributed by atoms with Gasteiger partial charge >= 0.3 is 0 Å². The zero-order valence-electron chi connectivity index (χ0n) is 12.7. The summed E-state index contributed by atoms with van der Waals surface area (Å²) < 4.78 is 0. The SMILES string of the molecule is CCCSCCC(NC(C)C)(C(N)=O)c1ccccc1. The lowest BCUT2D eigenvalue weighted by molar-refractivity contribution is -0.125. The summed E-state index contributed by atoms with van der Waals surface area (Å²) in [5, 5.41) is 3.40. The molecular weight excluding hydrogens is 268 g/mol. The number of nitrogens with one attached hydrogen (secondary N) is 1. The zero-order chi connectivity index (χ0) is 15.0. The van der Waals surface area contributed by atoms with Gasteiger partial charge in [-0.2, -0.15) is 11.8 Å². The van der Waals surface area contributed by atoms with Crippen LogP contribution in [-0.4, -0.2) is 23.5 Å². The van der Waals surface area contributed by atoms with E-state index in [9.17, 15) is 4.79 Å². The summed E-state index contributed by atoms with van der Waals surface area (Å²) in [7, 11) is 0. The molecule has 0 saturated heterocycles. The smallest absolute Gasteiger partial charge is 0.242 e. The summed E-state index contributed by atoms with van der Waals surface area (Å²) in [6.07, 6.45) is 1.87. The van der Waals surface area contributed by atoms with Crippen molar-refractivity contribution in [2.45, 2.75) is 45.2 Å². The van der Waals surface area contributed by atoms with Gasteiger partial charge in [-0.1, -0.05) is 37.3 Å². The van der Waals surface area contributed by atoms with Crippen LogP contribution in [0.5, 0.6) is 0 Å². The third-order valence-corrected chi connectivity index (χ3v) is 4.38. The Bertz CT molecular complexity index is 408. The van der Waals surface area contributed by atoms with Crippen molar-refractivity contribution in [3.63, 3.8) is 0 Å². The number of primary amides is 1. The molecule has 4 heteroatoms. The quantitative estimate of drug-likeness (QED) is 0.689. The minimum Gasteiger partial charge on any atom is -0.368 e. The second-order valence-electron chi connectivity index (χ2n) is 5.30. The lowest BCUT2D eigenvalue weighted by atomic mass is 9.85. The summed E-state index contributed by atoms with van der Waals surface area (Å²) in [6.45, 7) is 6.25. The van der Waals surface area contributed by atoms with Gasteiger partial charge in [0.15, 0.2) is 0 Å². The van der Waals surface area contributed by atoms with Gasteiger partial charge in [0.05, 0.1) is 0 Å². The van der Waals surface area contributed by atoms with Gasteiger partial charge in [0.1, 0.15) is 5.54 Å². The molecule has 0 spiro atoms. The monoisotopic (exact) mass is 294 g/mol. The Labute approximate surface area is 126 Å². The Hall–Kier alpha value is -1.00. The van der Waals surface area contributed by atoms with Gasteiger partial charge in [0.25, 0.3) is 0 Å². The average Bonchev–Trinajstić information content (AvgIpc) is 2.42. The highest BCUT2D eigenvalue weighted by molar-refractivity contribution is 7.99. The maximum absolute atomic E-state index is 12.2. The van der Waals surface area contributed by atoms with Crippen LogP contribution < -0.4 is 11.1 Å². The molecule has 0 heterocycles. The molecule has 1 atom stereocenters. The van der Waals surface area contributed by atoms with E-state index < -0.39 is 5.54 Å². The minimum atomic E-state index is -0.768. The first kappa shape index (κ1) is 17.1. The lowest BCUT2D eigenvalue weighted by Crippen LogP contribution is -2.55. The summed E-state index contributed by atoms with van der Waals surface area (Å²) in [4.78, 5) is 12.2. The molecule has 0 saturated carbocycles. The molecule has 0 aliphatic rings. The number of benzene rings is 1. The van der Waals surface area contributed by atoms with Crippen LogP contribution in [0.1, 0.15) is 39.2 Å². The van der Waals surface area contributed by atoms with E-state index in [1.165, 1.54) is 0 Å². The number of nitrogens with two attached hydrogens (primary N) is 1. The van der Waals surface area contributed by atoms with E-state index in [1.807, 2.05) is 55.9 Å². The van der Waals surface area contributed by atoms with E-state index in [4.69, 9.17) is 5.73 Å². The maximum Gasteiger partial charge on any atom is 0.242 e. The van der Waals surface area contributed by atoms with Crippen molar-refractivity contribution in [1.82, 2.24) is 5.32 Å². The molecule has 0 aliphatic heterocycles. The highest BCUT2D eigenvalue weighted by Crippen LogP contribution is 2.27. The molecule has 1 unspecified atom stereocenters. The Morgan fingerprint density at radius 2 is 1.95 bits per heavy atom. The van der Waals surface area contributed by atoms with E-state index in [1.54, 1.807) is 0 Å². The number of hydrogen-bond acceptors (Lipinski definition) is 3. The van der Waals surface area contributed by atoms with Crippen molar-refractivity contribution in [2.75, 3.05) is 11.5 Å². The first-order valence-electron chi connectivity index (χ1n) is 7.23. The molecule has 0 bridgehead atoms. The van der Waals surface area contributed by atoms with Crippen LogP contribution in [0.15, 0.2) is 30.3 Å². The first-order valence-corrected chi connectivity index (χ1v) is 8.39.